The molecule has 2 N–H and O–H groups in total. The standard InChI is InChI=1S/C14H22N2O7/c1-8-6-16(14(19)15-12(8)18)13-11(22-5-4-20-2)10(21-3)9(7-17)23-13/h6,9-11,13,17H,4-5,7H2,1-3H3,(H,15,18,19)/t9-,10+,11+,13-/m1/s1. The zero-order valence-electron chi connectivity index (χ0n) is 13.4. The van der Waals surface area contributed by atoms with Gasteiger partial charge >= 0.3 is 5.69 Å². The number of hydrogen-bond donors (Lipinski definition) is 2. The van der Waals surface area contributed by atoms with Gasteiger partial charge in [0.05, 0.1) is 19.8 Å². The summed E-state index contributed by atoms with van der Waals surface area (Å²) >= 11 is 0. The molecule has 4 atom stereocenters. The van der Waals surface area contributed by atoms with E-state index in [1.807, 2.05) is 0 Å². The van der Waals surface area contributed by atoms with E-state index in [1.165, 1.54) is 17.9 Å². The molecule has 1 aliphatic heterocycles. The van der Waals surface area contributed by atoms with Crippen molar-refractivity contribution in [3.8, 4) is 0 Å². The summed E-state index contributed by atoms with van der Waals surface area (Å²) in [5.41, 5.74) is -0.701. The van der Waals surface area contributed by atoms with E-state index in [1.54, 1.807) is 14.0 Å². The second-order valence-corrected chi connectivity index (χ2v) is 5.25. The minimum atomic E-state index is -0.822. The lowest BCUT2D eigenvalue weighted by Gasteiger charge is -2.24. The monoisotopic (exact) mass is 330 g/mol. The number of nitrogens with one attached hydrogen (secondary N) is 1. The topological polar surface area (TPSA) is 112 Å². The molecule has 0 amide bonds. The number of aryl methyl sites for hydroxylation is 1. The molecule has 9 heteroatoms. The third-order valence-corrected chi connectivity index (χ3v) is 3.76. The summed E-state index contributed by atoms with van der Waals surface area (Å²) in [5, 5.41) is 9.46. The van der Waals surface area contributed by atoms with Crippen LogP contribution in [0.3, 0.4) is 0 Å². The van der Waals surface area contributed by atoms with Crippen molar-refractivity contribution in [2.75, 3.05) is 34.0 Å². The molecular formula is C14H22N2O7. The van der Waals surface area contributed by atoms with Gasteiger partial charge in [-0.25, -0.2) is 4.79 Å². The van der Waals surface area contributed by atoms with Gasteiger partial charge in [0.15, 0.2) is 6.23 Å². The summed E-state index contributed by atoms with van der Waals surface area (Å²) in [7, 11) is 3.03. The Labute approximate surface area is 132 Å². The van der Waals surface area contributed by atoms with Crippen LogP contribution in [-0.4, -0.2) is 67.0 Å². The first-order chi connectivity index (χ1) is 11.0. The lowest BCUT2D eigenvalue weighted by atomic mass is 10.1. The number of rotatable bonds is 7. The number of aliphatic hydroxyl groups is 1. The van der Waals surface area contributed by atoms with Crippen LogP contribution in [0.25, 0.3) is 0 Å². The lowest BCUT2D eigenvalue weighted by molar-refractivity contribution is -0.0846. The number of aliphatic hydroxyl groups excluding tert-OH is 1. The van der Waals surface area contributed by atoms with E-state index in [-0.39, 0.29) is 13.2 Å². The van der Waals surface area contributed by atoms with Crippen molar-refractivity contribution in [2.45, 2.75) is 31.5 Å². The van der Waals surface area contributed by atoms with Crippen LogP contribution in [0.15, 0.2) is 15.8 Å². The predicted molar refractivity (Wildman–Crippen MR) is 79.5 cm³/mol. The molecule has 130 valence electrons. The summed E-state index contributed by atoms with van der Waals surface area (Å²) in [6.45, 7) is 1.94. The maximum atomic E-state index is 12.1. The molecular weight excluding hydrogens is 308 g/mol. The third kappa shape index (κ3) is 3.70. The van der Waals surface area contributed by atoms with Crippen molar-refractivity contribution in [2.24, 2.45) is 0 Å². The Morgan fingerprint density at radius 2 is 2.04 bits per heavy atom. The van der Waals surface area contributed by atoms with Crippen LogP contribution in [-0.2, 0) is 18.9 Å². The maximum Gasteiger partial charge on any atom is 0.330 e. The number of methoxy groups -OCH3 is 2. The zero-order valence-corrected chi connectivity index (χ0v) is 13.4. The molecule has 0 spiro atoms. The molecule has 0 aliphatic carbocycles. The highest BCUT2D eigenvalue weighted by atomic mass is 16.6. The first-order valence-corrected chi connectivity index (χ1v) is 7.25. The van der Waals surface area contributed by atoms with E-state index in [0.717, 1.165) is 0 Å². The van der Waals surface area contributed by atoms with E-state index in [2.05, 4.69) is 4.98 Å². The van der Waals surface area contributed by atoms with E-state index in [0.29, 0.717) is 12.2 Å². The summed E-state index contributed by atoms with van der Waals surface area (Å²) in [6.07, 6.45) is -1.24. The Kier molecular flexibility index (Phi) is 6.08. The molecule has 1 aromatic heterocycles. The van der Waals surface area contributed by atoms with Gasteiger partial charge in [-0.1, -0.05) is 0 Å². The molecule has 1 aliphatic rings. The number of ether oxygens (including phenoxy) is 4. The molecule has 0 radical (unpaired) electrons. The van der Waals surface area contributed by atoms with Crippen molar-refractivity contribution < 1.29 is 24.1 Å². The summed E-state index contributed by atoms with van der Waals surface area (Å²) < 4.78 is 23.0. The zero-order chi connectivity index (χ0) is 17.0. The smallest absolute Gasteiger partial charge is 0.330 e. The molecule has 1 fully saturated rings. The molecule has 9 nitrogen and oxygen atoms in total. The number of hydrogen-bond acceptors (Lipinski definition) is 7. The van der Waals surface area contributed by atoms with Gasteiger partial charge in [0.1, 0.15) is 18.3 Å². The van der Waals surface area contributed by atoms with Gasteiger partial charge in [-0.2, -0.15) is 0 Å². The first kappa shape index (κ1) is 17.8. The summed E-state index contributed by atoms with van der Waals surface area (Å²) in [4.78, 5) is 25.8. The highest BCUT2D eigenvalue weighted by Crippen LogP contribution is 2.32. The second-order valence-electron chi connectivity index (χ2n) is 5.25. The number of H-pyrrole nitrogens is 1. The van der Waals surface area contributed by atoms with Crippen LogP contribution in [0, 0.1) is 6.92 Å². The van der Waals surface area contributed by atoms with Gasteiger partial charge < -0.3 is 24.1 Å². The SMILES string of the molecule is COCCO[C@H]1[C@@H](OC)[C@@H](CO)O[C@H]1n1cc(C)c(=O)[nH]c1=O. The quantitative estimate of drug-likeness (QED) is 0.603. The predicted octanol–water partition coefficient (Wildman–Crippen LogP) is -1.22. The Morgan fingerprint density at radius 1 is 1.30 bits per heavy atom. The van der Waals surface area contributed by atoms with Gasteiger partial charge in [0, 0.05) is 26.0 Å². The van der Waals surface area contributed by atoms with Gasteiger partial charge in [0.25, 0.3) is 5.56 Å². The van der Waals surface area contributed by atoms with Crippen molar-refractivity contribution >= 4 is 0 Å². The van der Waals surface area contributed by atoms with Gasteiger partial charge in [-0.15, -0.1) is 0 Å². The van der Waals surface area contributed by atoms with Crippen molar-refractivity contribution in [3.05, 3.63) is 32.6 Å². The molecule has 0 saturated carbocycles. The Bertz CT molecular complexity index is 626. The minimum absolute atomic E-state index is 0.274. The van der Waals surface area contributed by atoms with E-state index < -0.39 is 35.8 Å². The molecule has 23 heavy (non-hydrogen) atoms. The van der Waals surface area contributed by atoms with Gasteiger partial charge in [0.2, 0.25) is 0 Å². The molecule has 0 unspecified atom stereocenters. The average molecular weight is 330 g/mol. The van der Waals surface area contributed by atoms with Crippen LogP contribution in [0.5, 0.6) is 0 Å². The first-order valence-electron chi connectivity index (χ1n) is 7.25. The number of nitrogens with zero attached hydrogens (tertiary/aromatic N) is 1. The van der Waals surface area contributed by atoms with Crippen molar-refractivity contribution in [1.29, 1.82) is 0 Å². The van der Waals surface area contributed by atoms with Crippen LogP contribution in [0.2, 0.25) is 0 Å². The number of aromatic nitrogens is 2. The van der Waals surface area contributed by atoms with Crippen LogP contribution < -0.4 is 11.2 Å². The van der Waals surface area contributed by atoms with E-state index in [9.17, 15) is 14.7 Å². The lowest BCUT2D eigenvalue weighted by Crippen LogP contribution is -2.41. The molecule has 2 rings (SSSR count). The second kappa shape index (κ2) is 7.84. The molecule has 0 bridgehead atoms. The van der Waals surface area contributed by atoms with Crippen molar-refractivity contribution in [1.82, 2.24) is 9.55 Å². The maximum absolute atomic E-state index is 12.1. The highest BCUT2D eigenvalue weighted by molar-refractivity contribution is 5.03. The molecule has 0 aromatic carbocycles. The van der Waals surface area contributed by atoms with Crippen molar-refractivity contribution in [3.63, 3.8) is 0 Å². The largest absolute Gasteiger partial charge is 0.394 e. The molecule has 2 heterocycles. The Balaban J connectivity index is 2.35. The van der Waals surface area contributed by atoms with Crippen LogP contribution >= 0.6 is 0 Å². The molecule has 1 saturated heterocycles. The summed E-state index contributed by atoms with van der Waals surface area (Å²) in [6, 6.07) is 0. The minimum Gasteiger partial charge on any atom is -0.394 e. The fourth-order valence-electron chi connectivity index (χ4n) is 2.58. The third-order valence-electron chi connectivity index (χ3n) is 3.76. The van der Waals surface area contributed by atoms with Gasteiger partial charge in [-0.05, 0) is 6.92 Å². The normalized spacial score (nSPS) is 27.5. The van der Waals surface area contributed by atoms with Crippen LogP contribution in [0.4, 0.5) is 0 Å². The Morgan fingerprint density at radius 3 is 2.65 bits per heavy atom. The van der Waals surface area contributed by atoms with Crippen LogP contribution in [0.1, 0.15) is 11.8 Å². The summed E-state index contributed by atoms with van der Waals surface area (Å²) in [5.74, 6) is 0. The Hall–Kier alpha value is -1.52. The van der Waals surface area contributed by atoms with E-state index >= 15 is 0 Å². The van der Waals surface area contributed by atoms with E-state index in [4.69, 9.17) is 18.9 Å². The number of aromatic amines is 1. The fourth-order valence-corrected chi connectivity index (χ4v) is 2.58. The molecule has 1 aromatic rings. The fraction of sp³-hybridized carbons (Fsp3) is 0.714. The average Bonchev–Trinajstić information content (AvgIpc) is 2.88. The highest BCUT2D eigenvalue weighted by Gasteiger charge is 2.46. The van der Waals surface area contributed by atoms with Gasteiger partial charge in [-0.3, -0.25) is 14.3 Å².